The van der Waals surface area contributed by atoms with Crippen LogP contribution < -0.4 is 11.1 Å². The van der Waals surface area contributed by atoms with E-state index >= 15 is 0 Å². The number of carbonyl (C=O) groups is 1. The topological polar surface area (TPSA) is 96.7 Å². The summed E-state index contributed by atoms with van der Waals surface area (Å²) in [5, 5.41) is 14.8. The number of nitriles is 1. The Morgan fingerprint density at radius 1 is 1.85 bits per heavy atom. The van der Waals surface area contributed by atoms with Gasteiger partial charge in [0, 0.05) is 12.7 Å². The van der Waals surface area contributed by atoms with Crippen LogP contribution in [0, 0.1) is 11.3 Å². The summed E-state index contributed by atoms with van der Waals surface area (Å²) < 4.78 is 1.56. The zero-order valence-electron chi connectivity index (χ0n) is 6.90. The van der Waals surface area contributed by atoms with Gasteiger partial charge in [-0.05, 0) is 0 Å². The van der Waals surface area contributed by atoms with Crippen LogP contribution in [0.3, 0.4) is 0 Å². The highest BCUT2D eigenvalue weighted by Gasteiger charge is 1.96. The molecule has 6 heteroatoms. The monoisotopic (exact) mass is 179 g/mol. The van der Waals surface area contributed by atoms with Crippen LogP contribution in [0.5, 0.6) is 0 Å². The van der Waals surface area contributed by atoms with Crippen molar-refractivity contribution < 1.29 is 4.79 Å². The summed E-state index contributed by atoms with van der Waals surface area (Å²) in [4.78, 5) is 10.3. The van der Waals surface area contributed by atoms with Crippen molar-refractivity contribution >= 4 is 6.03 Å². The molecule has 0 aliphatic heterocycles. The molecule has 2 amide bonds. The van der Waals surface area contributed by atoms with Gasteiger partial charge in [-0.25, -0.2) is 4.79 Å². The van der Waals surface area contributed by atoms with E-state index in [4.69, 9.17) is 11.0 Å². The lowest BCUT2D eigenvalue weighted by Crippen LogP contribution is -2.32. The Balaban J connectivity index is 2.38. The van der Waals surface area contributed by atoms with Crippen molar-refractivity contribution in [2.24, 2.45) is 5.73 Å². The summed E-state index contributed by atoms with van der Waals surface area (Å²) in [7, 11) is 0. The Labute approximate surface area is 74.9 Å². The fourth-order valence-electron chi connectivity index (χ4n) is 0.837. The maximum Gasteiger partial charge on any atom is 0.312 e. The third kappa shape index (κ3) is 2.83. The smallest absolute Gasteiger partial charge is 0.312 e. The molecule has 0 aromatic carbocycles. The number of urea groups is 1. The van der Waals surface area contributed by atoms with E-state index in [1.807, 2.05) is 6.07 Å². The molecular formula is C7H9N5O. The van der Waals surface area contributed by atoms with Gasteiger partial charge in [-0.1, -0.05) is 0 Å². The van der Waals surface area contributed by atoms with Crippen LogP contribution in [0.1, 0.15) is 5.56 Å². The zero-order chi connectivity index (χ0) is 9.68. The summed E-state index contributed by atoms with van der Waals surface area (Å²) in [6.07, 6.45) is 3.06. The largest absolute Gasteiger partial charge is 0.352 e. The van der Waals surface area contributed by atoms with Gasteiger partial charge in [0.25, 0.3) is 0 Å². The van der Waals surface area contributed by atoms with E-state index in [9.17, 15) is 4.79 Å². The third-order valence-electron chi connectivity index (χ3n) is 1.40. The van der Waals surface area contributed by atoms with Crippen LogP contribution in [0.4, 0.5) is 4.79 Å². The molecule has 0 unspecified atom stereocenters. The van der Waals surface area contributed by atoms with Gasteiger partial charge in [-0.15, -0.1) is 0 Å². The number of nitrogens with zero attached hydrogens (tertiary/aromatic N) is 3. The van der Waals surface area contributed by atoms with E-state index in [0.29, 0.717) is 18.7 Å². The molecule has 6 nitrogen and oxygen atoms in total. The number of hydrogen-bond donors (Lipinski definition) is 2. The molecule has 68 valence electrons. The van der Waals surface area contributed by atoms with E-state index in [-0.39, 0.29) is 0 Å². The van der Waals surface area contributed by atoms with Gasteiger partial charge in [0.05, 0.1) is 18.3 Å². The molecule has 0 fully saturated rings. The highest BCUT2D eigenvalue weighted by atomic mass is 16.2. The first-order valence-corrected chi connectivity index (χ1v) is 3.68. The Morgan fingerprint density at radius 3 is 3.15 bits per heavy atom. The minimum atomic E-state index is -0.562. The van der Waals surface area contributed by atoms with Crippen molar-refractivity contribution in [1.29, 1.82) is 5.26 Å². The Kier molecular flexibility index (Phi) is 2.87. The van der Waals surface area contributed by atoms with Crippen LogP contribution in [0.2, 0.25) is 0 Å². The number of nitrogens with one attached hydrogen (secondary N) is 1. The molecule has 0 radical (unpaired) electrons. The molecule has 0 bridgehead atoms. The lowest BCUT2D eigenvalue weighted by molar-refractivity contribution is 0.248. The van der Waals surface area contributed by atoms with Gasteiger partial charge in [0.1, 0.15) is 6.07 Å². The average molecular weight is 179 g/mol. The van der Waals surface area contributed by atoms with E-state index in [1.54, 1.807) is 10.9 Å². The standard InChI is InChI=1S/C7H9N5O/c8-3-6-4-11-12(5-6)2-1-10-7(9)13/h4-5H,1-2H2,(H3,9,10,13). The number of aromatic nitrogens is 2. The summed E-state index contributed by atoms with van der Waals surface area (Å²) in [6.45, 7) is 0.909. The summed E-state index contributed by atoms with van der Waals surface area (Å²) >= 11 is 0. The highest BCUT2D eigenvalue weighted by Crippen LogP contribution is 1.93. The normalized spacial score (nSPS) is 9.15. The fraction of sp³-hybridized carbons (Fsp3) is 0.286. The molecule has 0 saturated heterocycles. The summed E-state index contributed by atoms with van der Waals surface area (Å²) in [5.41, 5.74) is 5.36. The number of nitrogens with two attached hydrogens (primary N) is 1. The molecule has 0 aliphatic rings. The SMILES string of the molecule is N#Cc1cnn(CCNC(N)=O)c1. The first-order valence-electron chi connectivity index (χ1n) is 3.68. The predicted molar refractivity (Wildman–Crippen MR) is 44.5 cm³/mol. The molecule has 0 saturated carbocycles. The molecule has 1 heterocycles. The molecule has 13 heavy (non-hydrogen) atoms. The minimum Gasteiger partial charge on any atom is -0.352 e. The first-order chi connectivity index (χ1) is 6.22. The number of rotatable bonds is 3. The van der Waals surface area contributed by atoms with Crippen molar-refractivity contribution in [2.75, 3.05) is 6.54 Å². The lowest BCUT2D eigenvalue weighted by Gasteiger charge is -2.00. The van der Waals surface area contributed by atoms with Crippen molar-refractivity contribution in [3.63, 3.8) is 0 Å². The second kappa shape index (κ2) is 4.11. The number of carbonyl (C=O) groups excluding carboxylic acids is 1. The predicted octanol–water partition coefficient (Wildman–Crippen LogP) is -0.577. The van der Waals surface area contributed by atoms with Crippen molar-refractivity contribution in [1.82, 2.24) is 15.1 Å². The molecule has 1 aromatic heterocycles. The zero-order valence-corrected chi connectivity index (χ0v) is 6.90. The van der Waals surface area contributed by atoms with Crippen LogP contribution in [0.25, 0.3) is 0 Å². The van der Waals surface area contributed by atoms with Gasteiger partial charge < -0.3 is 11.1 Å². The molecule has 0 atom stereocenters. The lowest BCUT2D eigenvalue weighted by atomic mass is 10.4. The Hall–Kier alpha value is -2.03. The molecule has 0 spiro atoms. The molecule has 0 aliphatic carbocycles. The molecule has 1 rings (SSSR count). The average Bonchev–Trinajstić information content (AvgIpc) is 2.52. The second-order valence-electron chi connectivity index (χ2n) is 2.39. The van der Waals surface area contributed by atoms with Crippen LogP contribution >= 0.6 is 0 Å². The highest BCUT2D eigenvalue weighted by molar-refractivity contribution is 5.71. The molecular weight excluding hydrogens is 170 g/mol. The van der Waals surface area contributed by atoms with Gasteiger partial charge >= 0.3 is 6.03 Å². The van der Waals surface area contributed by atoms with Gasteiger partial charge in [0.15, 0.2) is 0 Å². The van der Waals surface area contributed by atoms with Crippen molar-refractivity contribution in [3.05, 3.63) is 18.0 Å². The second-order valence-corrected chi connectivity index (χ2v) is 2.39. The summed E-state index contributed by atoms with van der Waals surface area (Å²) in [5.74, 6) is 0. The maximum absolute atomic E-state index is 10.3. The van der Waals surface area contributed by atoms with E-state index in [0.717, 1.165) is 0 Å². The van der Waals surface area contributed by atoms with E-state index < -0.39 is 6.03 Å². The van der Waals surface area contributed by atoms with Crippen molar-refractivity contribution in [3.8, 4) is 6.07 Å². The number of amides is 2. The maximum atomic E-state index is 10.3. The van der Waals surface area contributed by atoms with E-state index in [1.165, 1.54) is 6.20 Å². The van der Waals surface area contributed by atoms with Gasteiger partial charge in [-0.2, -0.15) is 10.4 Å². The van der Waals surface area contributed by atoms with Gasteiger partial charge in [-0.3, -0.25) is 4.68 Å². The van der Waals surface area contributed by atoms with Crippen LogP contribution in [0.15, 0.2) is 12.4 Å². The van der Waals surface area contributed by atoms with Crippen LogP contribution in [-0.2, 0) is 6.54 Å². The quantitative estimate of drug-likeness (QED) is 0.649. The molecule has 1 aromatic rings. The van der Waals surface area contributed by atoms with Crippen molar-refractivity contribution in [2.45, 2.75) is 6.54 Å². The molecule has 3 N–H and O–H groups in total. The van der Waals surface area contributed by atoms with Gasteiger partial charge in [0.2, 0.25) is 0 Å². The number of primary amides is 1. The fourth-order valence-corrected chi connectivity index (χ4v) is 0.837. The Morgan fingerprint density at radius 2 is 2.62 bits per heavy atom. The first kappa shape index (κ1) is 9.06. The Bertz CT molecular complexity index is 337. The number of hydrogen-bond acceptors (Lipinski definition) is 3. The summed E-state index contributed by atoms with van der Waals surface area (Å²) in [6, 6.07) is 1.39. The van der Waals surface area contributed by atoms with E-state index in [2.05, 4.69) is 10.4 Å². The minimum absolute atomic E-state index is 0.405. The van der Waals surface area contributed by atoms with Crippen LogP contribution in [-0.4, -0.2) is 22.4 Å². The third-order valence-corrected chi connectivity index (χ3v) is 1.40.